The molecule has 0 aromatic rings. The fourth-order valence-corrected chi connectivity index (χ4v) is 7.35. The van der Waals surface area contributed by atoms with Gasteiger partial charge in [0.25, 0.3) is 0 Å². The monoisotopic (exact) mass is 312 g/mol. The molecule has 0 radical (unpaired) electrons. The lowest BCUT2D eigenvalue weighted by molar-refractivity contribution is 0.0373. The van der Waals surface area contributed by atoms with Gasteiger partial charge in [0.15, 0.2) is 0 Å². The Bertz CT molecular complexity index is 526. The summed E-state index contributed by atoms with van der Waals surface area (Å²) in [4.78, 5) is 0. The van der Waals surface area contributed by atoms with Crippen LogP contribution in [-0.2, 0) is 0 Å². The Balaban J connectivity index is 1.66. The van der Waals surface area contributed by atoms with Crippen LogP contribution in [0, 0.1) is 34.5 Å². The first-order valence-electron chi connectivity index (χ1n) is 10.4. The molecule has 0 amide bonds. The van der Waals surface area contributed by atoms with E-state index in [9.17, 15) is 0 Å². The second kappa shape index (κ2) is 5.50. The molecule has 23 heavy (non-hydrogen) atoms. The Morgan fingerprint density at radius 2 is 2.00 bits per heavy atom. The van der Waals surface area contributed by atoms with E-state index < -0.39 is 0 Å². The molecule has 4 aliphatic carbocycles. The molecule has 0 aromatic carbocycles. The highest BCUT2D eigenvalue weighted by Crippen LogP contribution is 2.66. The van der Waals surface area contributed by atoms with E-state index in [-0.39, 0.29) is 0 Å². The van der Waals surface area contributed by atoms with Crippen LogP contribution in [0.25, 0.3) is 0 Å². The van der Waals surface area contributed by atoms with Crippen LogP contribution < -0.4 is 0 Å². The highest BCUT2D eigenvalue weighted by molar-refractivity contribution is 5.30. The summed E-state index contributed by atoms with van der Waals surface area (Å²) in [5.41, 5.74) is 4.55. The van der Waals surface area contributed by atoms with Crippen molar-refractivity contribution in [3.63, 3.8) is 0 Å². The summed E-state index contributed by atoms with van der Waals surface area (Å²) in [6.07, 6.45) is 16.9. The Hall–Kier alpha value is -0.520. The van der Waals surface area contributed by atoms with E-state index >= 15 is 0 Å². The molecule has 4 rings (SSSR count). The average Bonchev–Trinajstić information content (AvgIpc) is 2.85. The summed E-state index contributed by atoms with van der Waals surface area (Å²) in [6.45, 7) is 12.0. The van der Waals surface area contributed by atoms with Crippen LogP contribution in [0.4, 0.5) is 0 Å². The van der Waals surface area contributed by atoms with Gasteiger partial charge in [0.05, 0.1) is 0 Å². The zero-order valence-electron chi connectivity index (χ0n) is 15.7. The fourth-order valence-electron chi connectivity index (χ4n) is 7.35. The van der Waals surface area contributed by atoms with Gasteiger partial charge < -0.3 is 0 Å². The van der Waals surface area contributed by atoms with Crippen LogP contribution in [0.15, 0.2) is 23.8 Å². The van der Waals surface area contributed by atoms with E-state index in [4.69, 9.17) is 0 Å². The molecular formula is C23H36. The Kier molecular flexibility index (Phi) is 3.82. The van der Waals surface area contributed by atoms with Gasteiger partial charge in [-0.1, -0.05) is 57.4 Å². The van der Waals surface area contributed by atoms with E-state index in [0.717, 1.165) is 23.7 Å². The molecule has 0 spiro atoms. The van der Waals surface area contributed by atoms with Gasteiger partial charge >= 0.3 is 0 Å². The maximum absolute atomic E-state index is 4.32. The third kappa shape index (κ3) is 2.23. The predicted molar refractivity (Wildman–Crippen MR) is 99.2 cm³/mol. The molecule has 0 aliphatic heterocycles. The van der Waals surface area contributed by atoms with E-state index in [1.165, 1.54) is 69.8 Å². The summed E-state index contributed by atoms with van der Waals surface area (Å²) in [5.74, 6) is 3.79. The zero-order valence-corrected chi connectivity index (χ0v) is 15.7. The highest BCUT2D eigenvalue weighted by atomic mass is 14.6. The minimum absolute atomic E-state index is 0.508. The standard InChI is InChI=1S/C23H36/c1-5-6-17-8-10-20-19-9-7-18-15-16(2)11-13-23(18,4)21(19)12-14-22(17,20)3/h12,17-20H,2,5-11,13-15H2,1,3-4H3. The first-order chi connectivity index (χ1) is 11.0. The fraction of sp³-hybridized carbons (Fsp3) is 0.826. The minimum Gasteiger partial charge on any atom is -0.0999 e. The number of rotatable bonds is 2. The molecule has 3 saturated carbocycles. The van der Waals surface area contributed by atoms with Gasteiger partial charge in [0.1, 0.15) is 0 Å². The van der Waals surface area contributed by atoms with Crippen LogP contribution in [0.5, 0.6) is 0 Å². The van der Waals surface area contributed by atoms with Crippen LogP contribution in [-0.4, -0.2) is 0 Å². The molecule has 128 valence electrons. The van der Waals surface area contributed by atoms with Crippen molar-refractivity contribution >= 4 is 0 Å². The molecule has 0 aromatic heterocycles. The van der Waals surface area contributed by atoms with Gasteiger partial charge in [-0.05, 0) is 85.9 Å². The smallest absolute Gasteiger partial charge is 0.00792 e. The van der Waals surface area contributed by atoms with Crippen molar-refractivity contribution < 1.29 is 0 Å². The molecular weight excluding hydrogens is 276 g/mol. The van der Waals surface area contributed by atoms with Crippen molar-refractivity contribution in [3.8, 4) is 0 Å². The first kappa shape index (κ1) is 16.0. The van der Waals surface area contributed by atoms with Crippen LogP contribution in [0.1, 0.15) is 85.0 Å². The third-order valence-corrected chi connectivity index (χ3v) is 8.81. The van der Waals surface area contributed by atoms with E-state index in [0.29, 0.717) is 10.8 Å². The molecule has 6 atom stereocenters. The van der Waals surface area contributed by atoms with Crippen molar-refractivity contribution in [1.82, 2.24) is 0 Å². The van der Waals surface area contributed by atoms with Gasteiger partial charge in [-0.3, -0.25) is 0 Å². The summed E-state index contributed by atoms with van der Waals surface area (Å²) in [6, 6.07) is 0. The molecule has 0 nitrogen and oxygen atoms in total. The van der Waals surface area contributed by atoms with Crippen LogP contribution >= 0.6 is 0 Å². The predicted octanol–water partition coefficient (Wildman–Crippen LogP) is 6.92. The molecule has 0 heteroatoms. The lowest BCUT2D eigenvalue weighted by Crippen LogP contribution is -2.47. The second-order valence-corrected chi connectivity index (χ2v) is 9.79. The number of hydrogen-bond donors (Lipinski definition) is 0. The lowest BCUT2D eigenvalue weighted by atomic mass is 9.48. The van der Waals surface area contributed by atoms with Crippen LogP contribution in [0.3, 0.4) is 0 Å². The Morgan fingerprint density at radius 3 is 2.78 bits per heavy atom. The quantitative estimate of drug-likeness (QED) is 0.485. The molecule has 0 heterocycles. The Morgan fingerprint density at radius 1 is 1.17 bits per heavy atom. The highest BCUT2D eigenvalue weighted by Gasteiger charge is 2.56. The van der Waals surface area contributed by atoms with Gasteiger partial charge in [-0.2, -0.15) is 0 Å². The molecule has 0 saturated heterocycles. The van der Waals surface area contributed by atoms with Gasteiger partial charge in [0, 0.05) is 0 Å². The maximum atomic E-state index is 4.32. The molecule has 6 unspecified atom stereocenters. The Labute approximate surface area is 143 Å². The van der Waals surface area contributed by atoms with E-state index in [1.54, 1.807) is 0 Å². The van der Waals surface area contributed by atoms with Gasteiger partial charge in [-0.25, -0.2) is 0 Å². The molecule has 0 bridgehead atoms. The summed E-state index contributed by atoms with van der Waals surface area (Å²) >= 11 is 0. The SMILES string of the molecule is C=C1CCC2(C)C3=CCC4(C)C(CCC)CCC4C3CCC2C1. The van der Waals surface area contributed by atoms with Crippen molar-refractivity contribution in [2.45, 2.75) is 85.0 Å². The average molecular weight is 313 g/mol. The van der Waals surface area contributed by atoms with Crippen molar-refractivity contribution in [3.05, 3.63) is 23.8 Å². The lowest BCUT2D eigenvalue weighted by Gasteiger charge is -2.56. The van der Waals surface area contributed by atoms with Crippen molar-refractivity contribution in [2.24, 2.45) is 34.5 Å². The number of allylic oxidation sites excluding steroid dienone is 3. The zero-order chi connectivity index (χ0) is 16.2. The topological polar surface area (TPSA) is 0 Å². The molecule has 4 aliphatic rings. The first-order valence-corrected chi connectivity index (χ1v) is 10.4. The van der Waals surface area contributed by atoms with Gasteiger partial charge in [-0.15, -0.1) is 0 Å². The summed E-state index contributed by atoms with van der Waals surface area (Å²) in [7, 11) is 0. The second-order valence-electron chi connectivity index (χ2n) is 9.79. The number of fused-ring (bicyclic) bond motifs is 5. The number of hydrogen-bond acceptors (Lipinski definition) is 0. The van der Waals surface area contributed by atoms with Crippen molar-refractivity contribution in [2.75, 3.05) is 0 Å². The van der Waals surface area contributed by atoms with E-state index in [2.05, 4.69) is 33.4 Å². The third-order valence-electron chi connectivity index (χ3n) is 8.81. The largest absolute Gasteiger partial charge is 0.0999 e. The maximum Gasteiger partial charge on any atom is -0.00792 e. The van der Waals surface area contributed by atoms with Crippen molar-refractivity contribution in [1.29, 1.82) is 0 Å². The molecule has 3 fully saturated rings. The summed E-state index contributed by atoms with van der Waals surface area (Å²) in [5, 5.41) is 0. The summed E-state index contributed by atoms with van der Waals surface area (Å²) < 4.78 is 0. The van der Waals surface area contributed by atoms with Crippen LogP contribution in [0.2, 0.25) is 0 Å². The van der Waals surface area contributed by atoms with Gasteiger partial charge in [0.2, 0.25) is 0 Å². The van der Waals surface area contributed by atoms with E-state index in [1.807, 2.05) is 5.57 Å². The minimum atomic E-state index is 0.508. The molecule has 0 N–H and O–H groups in total. The normalized spacial score (nSPS) is 49.2.